The summed E-state index contributed by atoms with van der Waals surface area (Å²) in [5.41, 5.74) is 2.11. The monoisotopic (exact) mass is 432 g/mol. The number of nitrogens with one attached hydrogen (secondary N) is 1. The number of hydrogen-bond acceptors (Lipinski definition) is 4. The molecule has 1 aromatic heterocycles. The lowest BCUT2D eigenvalue weighted by atomic mass is 10.2. The van der Waals surface area contributed by atoms with Crippen LogP contribution in [0.1, 0.15) is 29.1 Å². The van der Waals surface area contributed by atoms with Crippen molar-refractivity contribution in [2.24, 2.45) is 0 Å². The van der Waals surface area contributed by atoms with Gasteiger partial charge in [-0.05, 0) is 43.3 Å². The number of imidazole rings is 1. The van der Waals surface area contributed by atoms with Crippen LogP contribution in [0.5, 0.6) is 5.75 Å². The maximum Gasteiger partial charge on any atom is 0.251 e. The molecule has 0 saturated carbocycles. The predicted molar refractivity (Wildman–Crippen MR) is 126 cm³/mol. The van der Waals surface area contributed by atoms with Crippen LogP contribution in [0.15, 0.2) is 73.8 Å². The molecule has 0 aliphatic rings. The van der Waals surface area contributed by atoms with Crippen LogP contribution in [0.2, 0.25) is 0 Å². The minimum atomic E-state index is -0.419. The van der Waals surface area contributed by atoms with Gasteiger partial charge in [-0.15, -0.1) is 13.2 Å². The molecule has 0 fully saturated rings. The van der Waals surface area contributed by atoms with Gasteiger partial charge in [0.05, 0.1) is 24.2 Å². The first-order valence-electron chi connectivity index (χ1n) is 10.4. The molecule has 1 unspecified atom stereocenters. The van der Waals surface area contributed by atoms with Gasteiger partial charge >= 0.3 is 0 Å². The van der Waals surface area contributed by atoms with Gasteiger partial charge in [0.25, 0.3) is 5.91 Å². The number of aromatic nitrogens is 2. The van der Waals surface area contributed by atoms with E-state index < -0.39 is 6.04 Å². The number of hydrogen-bond donors (Lipinski definition) is 1. The SMILES string of the molecule is C=CCN(CC=C)C(=O)Cn1c(C(C)NC(=O)c2ccc(OC)cc2)nc2ccccc21. The number of rotatable bonds is 10. The zero-order valence-corrected chi connectivity index (χ0v) is 18.5. The molecule has 2 aromatic carbocycles. The van der Waals surface area contributed by atoms with E-state index in [1.807, 2.05) is 35.8 Å². The Morgan fingerprint density at radius 2 is 1.78 bits per heavy atom. The van der Waals surface area contributed by atoms with E-state index in [1.54, 1.807) is 48.4 Å². The first kappa shape index (κ1) is 22.8. The molecular weight excluding hydrogens is 404 g/mol. The van der Waals surface area contributed by atoms with E-state index in [0.717, 1.165) is 11.0 Å². The lowest BCUT2D eigenvalue weighted by Crippen LogP contribution is -2.35. The standard InChI is InChI=1S/C25H28N4O3/c1-5-15-28(16-6-2)23(30)17-29-22-10-8-7-9-21(22)27-24(29)18(3)26-25(31)19-11-13-20(32-4)14-12-19/h5-14,18H,1-2,15-17H2,3-4H3,(H,26,31). The molecule has 0 aliphatic carbocycles. The number of benzene rings is 2. The summed E-state index contributed by atoms with van der Waals surface area (Å²) in [6.45, 7) is 10.3. The molecular formula is C25H28N4O3. The molecule has 0 spiro atoms. The zero-order valence-electron chi connectivity index (χ0n) is 18.5. The van der Waals surface area contributed by atoms with E-state index in [9.17, 15) is 9.59 Å². The number of ether oxygens (including phenoxy) is 1. The molecule has 32 heavy (non-hydrogen) atoms. The number of carbonyl (C=O) groups is 2. The normalized spacial score (nSPS) is 11.6. The van der Waals surface area contributed by atoms with Gasteiger partial charge < -0.3 is 19.5 Å². The Bertz CT molecular complexity index is 1110. The molecule has 166 valence electrons. The largest absolute Gasteiger partial charge is 0.497 e. The zero-order chi connectivity index (χ0) is 23.1. The number of methoxy groups -OCH3 is 1. The van der Waals surface area contributed by atoms with Crippen molar-refractivity contribution >= 4 is 22.8 Å². The van der Waals surface area contributed by atoms with E-state index in [2.05, 4.69) is 18.5 Å². The van der Waals surface area contributed by atoms with Gasteiger partial charge in [-0.25, -0.2) is 4.98 Å². The Morgan fingerprint density at radius 3 is 2.41 bits per heavy atom. The summed E-state index contributed by atoms with van der Waals surface area (Å²) in [6.07, 6.45) is 3.37. The van der Waals surface area contributed by atoms with Crippen LogP contribution in [0.4, 0.5) is 0 Å². The van der Waals surface area contributed by atoms with Gasteiger partial charge in [-0.3, -0.25) is 9.59 Å². The van der Waals surface area contributed by atoms with Crippen LogP contribution in [0.25, 0.3) is 11.0 Å². The van der Waals surface area contributed by atoms with E-state index in [1.165, 1.54) is 0 Å². The topological polar surface area (TPSA) is 76.5 Å². The molecule has 3 aromatic rings. The van der Waals surface area contributed by atoms with Gasteiger partial charge in [-0.2, -0.15) is 0 Å². The molecule has 2 amide bonds. The van der Waals surface area contributed by atoms with Crippen LogP contribution in [0.3, 0.4) is 0 Å². The van der Waals surface area contributed by atoms with Gasteiger partial charge in [-0.1, -0.05) is 24.3 Å². The third-order valence-corrected chi connectivity index (χ3v) is 5.12. The predicted octanol–water partition coefficient (Wildman–Crippen LogP) is 3.74. The number of amides is 2. The van der Waals surface area contributed by atoms with E-state index in [0.29, 0.717) is 30.2 Å². The summed E-state index contributed by atoms with van der Waals surface area (Å²) < 4.78 is 7.00. The molecule has 0 bridgehead atoms. The lowest BCUT2D eigenvalue weighted by molar-refractivity contribution is -0.130. The minimum absolute atomic E-state index is 0.0807. The van der Waals surface area contributed by atoms with Gasteiger partial charge in [0.1, 0.15) is 18.1 Å². The summed E-state index contributed by atoms with van der Waals surface area (Å²) in [5, 5.41) is 2.98. The molecule has 0 saturated heterocycles. The number of nitrogens with zero attached hydrogens (tertiary/aromatic N) is 3. The van der Waals surface area contributed by atoms with Crippen LogP contribution < -0.4 is 10.1 Å². The van der Waals surface area contributed by atoms with E-state index >= 15 is 0 Å². The number of fused-ring (bicyclic) bond motifs is 1. The summed E-state index contributed by atoms with van der Waals surface area (Å²) in [5.74, 6) is 0.977. The second-order valence-corrected chi connectivity index (χ2v) is 7.34. The van der Waals surface area contributed by atoms with Crippen molar-refractivity contribution in [3.63, 3.8) is 0 Å². The molecule has 1 N–H and O–H groups in total. The third-order valence-electron chi connectivity index (χ3n) is 5.12. The maximum absolute atomic E-state index is 13.0. The fourth-order valence-electron chi connectivity index (χ4n) is 3.50. The fraction of sp³-hybridized carbons (Fsp3) is 0.240. The fourth-order valence-corrected chi connectivity index (χ4v) is 3.50. The highest BCUT2D eigenvalue weighted by molar-refractivity contribution is 5.94. The highest BCUT2D eigenvalue weighted by Crippen LogP contribution is 2.22. The first-order valence-corrected chi connectivity index (χ1v) is 10.4. The van der Waals surface area contributed by atoms with Crippen molar-refractivity contribution < 1.29 is 14.3 Å². The van der Waals surface area contributed by atoms with Crippen LogP contribution in [0, 0.1) is 0 Å². The van der Waals surface area contributed by atoms with Crippen molar-refractivity contribution in [3.05, 3.63) is 85.2 Å². The molecule has 1 atom stereocenters. The Hall–Kier alpha value is -3.87. The minimum Gasteiger partial charge on any atom is -0.497 e. The Labute approximate surface area is 188 Å². The Morgan fingerprint density at radius 1 is 1.12 bits per heavy atom. The van der Waals surface area contributed by atoms with Gasteiger partial charge in [0.15, 0.2) is 0 Å². The molecule has 0 radical (unpaired) electrons. The first-order chi connectivity index (χ1) is 15.5. The Balaban J connectivity index is 1.88. The third kappa shape index (κ3) is 5.06. The summed E-state index contributed by atoms with van der Waals surface area (Å²) >= 11 is 0. The van der Waals surface area contributed by atoms with Crippen molar-refractivity contribution in [3.8, 4) is 5.75 Å². The highest BCUT2D eigenvalue weighted by atomic mass is 16.5. The van der Waals surface area contributed by atoms with Crippen molar-refractivity contribution in [2.45, 2.75) is 19.5 Å². The maximum atomic E-state index is 13.0. The number of para-hydroxylation sites is 2. The lowest BCUT2D eigenvalue weighted by Gasteiger charge is -2.22. The molecule has 1 heterocycles. The van der Waals surface area contributed by atoms with Crippen molar-refractivity contribution in [2.75, 3.05) is 20.2 Å². The van der Waals surface area contributed by atoms with E-state index in [-0.39, 0.29) is 18.4 Å². The van der Waals surface area contributed by atoms with Crippen molar-refractivity contribution in [1.29, 1.82) is 0 Å². The summed E-state index contributed by atoms with van der Waals surface area (Å²) in [4.78, 5) is 32.1. The molecule has 7 heteroatoms. The van der Waals surface area contributed by atoms with Gasteiger partial charge in [0.2, 0.25) is 5.91 Å². The molecule has 0 aliphatic heterocycles. The number of carbonyl (C=O) groups excluding carboxylic acids is 2. The van der Waals surface area contributed by atoms with Crippen LogP contribution in [-0.2, 0) is 11.3 Å². The van der Waals surface area contributed by atoms with Crippen LogP contribution >= 0.6 is 0 Å². The average Bonchev–Trinajstić information content (AvgIpc) is 3.17. The van der Waals surface area contributed by atoms with Crippen molar-refractivity contribution in [1.82, 2.24) is 19.8 Å². The molecule has 7 nitrogen and oxygen atoms in total. The van der Waals surface area contributed by atoms with Gasteiger partial charge in [0, 0.05) is 18.7 Å². The summed E-state index contributed by atoms with van der Waals surface area (Å²) in [6, 6.07) is 14.1. The second kappa shape index (κ2) is 10.4. The second-order valence-electron chi connectivity index (χ2n) is 7.34. The Kier molecular flexibility index (Phi) is 7.44. The summed E-state index contributed by atoms with van der Waals surface area (Å²) in [7, 11) is 1.58. The van der Waals surface area contributed by atoms with E-state index in [4.69, 9.17) is 9.72 Å². The highest BCUT2D eigenvalue weighted by Gasteiger charge is 2.22. The van der Waals surface area contributed by atoms with Crippen LogP contribution in [-0.4, -0.2) is 46.5 Å². The quantitative estimate of drug-likeness (QED) is 0.495. The molecule has 3 rings (SSSR count). The smallest absolute Gasteiger partial charge is 0.251 e. The average molecular weight is 433 g/mol.